The lowest BCUT2D eigenvalue weighted by Gasteiger charge is -2.14. The van der Waals surface area contributed by atoms with Gasteiger partial charge in [-0.1, -0.05) is 30.3 Å². The molecule has 0 atom stereocenters. The number of hydrogen-bond donors (Lipinski definition) is 4. The summed E-state index contributed by atoms with van der Waals surface area (Å²) in [4.78, 5) is 0. The third kappa shape index (κ3) is 8.55. The zero-order valence-electron chi connectivity index (χ0n) is 16.8. The molecule has 0 aliphatic rings. The van der Waals surface area contributed by atoms with Crippen LogP contribution in [0.3, 0.4) is 0 Å². The molecule has 0 spiro atoms. The highest BCUT2D eigenvalue weighted by Crippen LogP contribution is 2.13. The summed E-state index contributed by atoms with van der Waals surface area (Å²) in [6.45, 7) is 1.11. The third-order valence-electron chi connectivity index (χ3n) is 3.71. The Labute approximate surface area is 193 Å². The quantitative estimate of drug-likeness (QED) is 0.209. The summed E-state index contributed by atoms with van der Waals surface area (Å²) in [5.41, 5.74) is 6.65. The largest absolute Gasteiger partial charge is 0.405 e. The Morgan fingerprint density at radius 3 is 1.81 bits per heavy atom. The minimum absolute atomic E-state index is 0.236. The lowest BCUT2D eigenvalue weighted by molar-refractivity contribution is -0.122. The van der Waals surface area contributed by atoms with Crippen molar-refractivity contribution in [1.82, 2.24) is 21.5 Å². The summed E-state index contributed by atoms with van der Waals surface area (Å²) in [5, 5.41) is 13.3. The van der Waals surface area contributed by atoms with Crippen molar-refractivity contribution < 1.29 is 17.6 Å². The Hall–Kier alpha value is -3.12. The predicted molar refractivity (Wildman–Crippen MR) is 125 cm³/mol. The van der Waals surface area contributed by atoms with Gasteiger partial charge in [0.05, 0.1) is 0 Å². The molecule has 6 nitrogen and oxygen atoms in total. The number of hydrogen-bond acceptors (Lipinski definition) is 4. The Balaban J connectivity index is 2.44. The van der Waals surface area contributed by atoms with Gasteiger partial charge in [-0.05, 0) is 55.6 Å². The van der Waals surface area contributed by atoms with Gasteiger partial charge in [-0.15, -0.1) is 0 Å². The van der Waals surface area contributed by atoms with Crippen LogP contribution in [0.1, 0.15) is 18.1 Å². The van der Waals surface area contributed by atoms with Gasteiger partial charge in [-0.2, -0.15) is 23.4 Å². The molecule has 0 bridgehead atoms. The van der Waals surface area contributed by atoms with E-state index in [9.17, 15) is 17.6 Å². The van der Waals surface area contributed by atoms with Crippen molar-refractivity contribution in [2.45, 2.75) is 13.1 Å². The highest BCUT2D eigenvalue weighted by molar-refractivity contribution is 7.80. The first-order valence-electron chi connectivity index (χ1n) is 9.31. The molecule has 0 aliphatic carbocycles. The minimum atomic E-state index is -4.44. The Morgan fingerprint density at radius 2 is 1.31 bits per heavy atom. The van der Waals surface area contributed by atoms with Crippen LogP contribution >= 0.6 is 24.4 Å². The molecular formula is C20H20F4N6S2. The van der Waals surface area contributed by atoms with Gasteiger partial charge in [0, 0.05) is 17.7 Å². The summed E-state index contributed by atoms with van der Waals surface area (Å²) >= 11 is 10.0. The maximum atomic E-state index is 13.5. The number of nitrogens with zero attached hydrogens (tertiary/aromatic N) is 2. The number of hydrazone groups is 2. The van der Waals surface area contributed by atoms with Crippen molar-refractivity contribution in [2.24, 2.45) is 10.2 Å². The van der Waals surface area contributed by atoms with Crippen molar-refractivity contribution in [2.75, 3.05) is 13.1 Å². The molecular weight excluding hydrogens is 464 g/mol. The summed E-state index contributed by atoms with van der Waals surface area (Å²) in [7, 11) is 0. The average molecular weight is 485 g/mol. The smallest absolute Gasteiger partial charge is 0.362 e. The van der Waals surface area contributed by atoms with E-state index < -0.39 is 18.5 Å². The minimum Gasteiger partial charge on any atom is -0.362 e. The van der Waals surface area contributed by atoms with Gasteiger partial charge < -0.3 is 10.6 Å². The van der Waals surface area contributed by atoms with E-state index in [4.69, 9.17) is 24.4 Å². The summed E-state index contributed by atoms with van der Waals surface area (Å²) in [5.74, 6) is -0.446. The normalized spacial score (nSPS) is 12.2. The zero-order chi connectivity index (χ0) is 23.6. The van der Waals surface area contributed by atoms with Crippen LogP contribution in [0.5, 0.6) is 0 Å². The first-order chi connectivity index (χ1) is 15.2. The number of halogens is 4. The van der Waals surface area contributed by atoms with Crippen molar-refractivity contribution in [1.29, 1.82) is 0 Å². The van der Waals surface area contributed by atoms with Gasteiger partial charge in [-0.3, -0.25) is 10.9 Å². The van der Waals surface area contributed by atoms with Gasteiger partial charge >= 0.3 is 6.18 Å². The summed E-state index contributed by atoms with van der Waals surface area (Å²) < 4.78 is 50.8. The van der Waals surface area contributed by atoms with E-state index in [2.05, 4.69) is 26.4 Å². The van der Waals surface area contributed by atoms with E-state index in [0.29, 0.717) is 17.7 Å². The van der Waals surface area contributed by atoms with E-state index in [1.165, 1.54) is 24.3 Å². The molecule has 0 unspecified atom stereocenters. The number of alkyl halides is 3. The Morgan fingerprint density at radius 1 is 0.812 bits per heavy atom. The second kappa shape index (κ2) is 12.1. The van der Waals surface area contributed by atoms with Crippen LogP contribution in [0.15, 0.2) is 64.8 Å². The molecule has 0 radical (unpaired) electrons. The van der Waals surface area contributed by atoms with Gasteiger partial charge in [0.15, 0.2) is 10.2 Å². The Kier molecular flexibility index (Phi) is 9.47. The topological polar surface area (TPSA) is 72.8 Å². The first-order valence-corrected chi connectivity index (χ1v) is 10.1. The van der Waals surface area contributed by atoms with Gasteiger partial charge in [0.25, 0.3) is 0 Å². The third-order valence-corrected chi connectivity index (χ3v) is 4.19. The lowest BCUT2D eigenvalue weighted by Crippen LogP contribution is -2.39. The molecule has 0 aliphatic heterocycles. The highest BCUT2D eigenvalue weighted by Gasteiger charge is 2.27. The van der Waals surface area contributed by atoms with Crippen molar-refractivity contribution in [3.05, 3.63) is 71.5 Å². The molecule has 170 valence electrons. The fourth-order valence-electron chi connectivity index (χ4n) is 2.35. The second-order valence-electron chi connectivity index (χ2n) is 6.17. The molecule has 0 amide bonds. The standard InChI is InChI=1S/C20H20F4N6S2/c1-2-25-18(31)29-28-17(14-8-10-15(21)11-9-14)16(13-6-4-3-5-7-13)27-30-19(32)26-12-20(22,23)24/h3-11H,2,12H2,1H3,(H2,25,29,31)(H2,26,30,32). The number of nitrogens with one attached hydrogen (secondary N) is 4. The Bertz CT molecular complexity index is 976. The van der Waals surface area contributed by atoms with E-state index >= 15 is 0 Å². The van der Waals surface area contributed by atoms with Crippen LogP contribution in [0.4, 0.5) is 17.6 Å². The fourth-order valence-corrected chi connectivity index (χ4v) is 2.65. The van der Waals surface area contributed by atoms with E-state index in [-0.39, 0.29) is 21.6 Å². The lowest BCUT2D eigenvalue weighted by atomic mass is 10.00. The molecule has 2 aromatic rings. The second-order valence-corrected chi connectivity index (χ2v) is 6.99. The first kappa shape index (κ1) is 25.1. The van der Waals surface area contributed by atoms with Gasteiger partial charge in [-0.25, -0.2) is 4.39 Å². The molecule has 0 saturated heterocycles. The molecule has 0 fully saturated rings. The molecule has 0 aromatic heterocycles. The SMILES string of the molecule is CCNC(=S)NN=C(C(=NNC(=S)NCC(F)(F)F)c1ccccc1)c1ccc(F)cc1. The summed E-state index contributed by atoms with van der Waals surface area (Å²) in [6, 6.07) is 14.2. The molecule has 0 heterocycles. The van der Waals surface area contributed by atoms with Crippen LogP contribution in [0, 0.1) is 5.82 Å². The molecule has 0 saturated carbocycles. The average Bonchev–Trinajstić information content (AvgIpc) is 2.75. The van der Waals surface area contributed by atoms with Crippen LogP contribution in [-0.4, -0.2) is 40.9 Å². The predicted octanol–water partition coefficient (Wildman–Crippen LogP) is 3.44. The molecule has 32 heavy (non-hydrogen) atoms. The molecule has 12 heteroatoms. The number of thiocarbonyl (C=S) groups is 2. The van der Waals surface area contributed by atoms with Crippen molar-refractivity contribution >= 4 is 46.1 Å². The van der Waals surface area contributed by atoms with Gasteiger partial charge in [0.1, 0.15) is 23.8 Å². The molecule has 4 N–H and O–H groups in total. The fraction of sp³-hybridized carbons (Fsp3) is 0.200. The van der Waals surface area contributed by atoms with Gasteiger partial charge in [0.2, 0.25) is 0 Å². The summed E-state index contributed by atoms with van der Waals surface area (Å²) in [6.07, 6.45) is -4.44. The molecule has 2 aromatic carbocycles. The van der Waals surface area contributed by atoms with Crippen LogP contribution in [0.2, 0.25) is 0 Å². The molecule has 2 rings (SSSR count). The monoisotopic (exact) mass is 484 g/mol. The maximum Gasteiger partial charge on any atom is 0.405 e. The number of benzene rings is 2. The maximum absolute atomic E-state index is 13.5. The van der Waals surface area contributed by atoms with Crippen molar-refractivity contribution in [3.63, 3.8) is 0 Å². The van der Waals surface area contributed by atoms with Crippen LogP contribution in [-0.2, 0) is 0 Å². The van der Waals surface area contributed by atoms with E-state index in [0.717, 1.165) is 0 Å². The van der Waals surface area contributed by atoms with Crippen LogP contribution in [0.25, 0.3) is 0 Å². The number of rotatable bonds is 7. The zero-order valence-corrected chi connectivity index (χ0v) is 18.5. The van der Waals surface area contributed by atoms with E-state index in [1.54, 1.807) is 30.3 Å². The van der Waals surface area contributed by atoms with Crippen molar-refractivity contribution in [3.8, 4) is 0 Å². The van der Waals surface area contributed by atoms with Crippen LogP contribution < -0.4 is 21.5 Å². The van der Waals surface area contributed by atoms with E-state index in [1.807, 2.05) is 12.2 Å². The highest BCUT2D eigenvalue weighted by atomic mass is 32.1.